The Balaban J connectivity index is 1.49. The van der Waals surface area contributed by atoms with Crippen molar-refractivity contribution in [3.63, 3.8) is 0 Å². The molecule has 1 aliphatic rings. The number of ether oxygens (including phenoxy) is 2. The van der Waals surface area contributed by atoms with Gasteiger partial charge < -0.3 is 9.47 Å². The van der Waals surface area contributed by atoms with E-state index in [1.54, 1.807) is 12.0 Å². The Morgan fingerprint density at radius 2 is 1.94 bits per heavy atom. The van der Waals surface area contributed by atoms with Gasteiger partial charge in [-0.3, -0.25) is 14.6 Å². The van der Waals surface area contributed by atoms with Crippen molar-refractivity contribution in [1.29, 1.82) is 0 Å². The predicted octanol–water partition coefficient (Wildman–Crippen LogP) is 3.36. The van der Waals surface area contributed by atoms with Crippen LogP contribution in [-0.4, -0.2) is 76.5 Å². The molecule has 0 bridgehead atoms. The number of hydrogen-bond acceptors (Lipinski definition) is 8. The second kappa shape index (κ2) is 11.4. The van der Waals surface area contributed by atoms with Crippen molar-refractivity contribution in [2.75, 3.05) is 57.2 Å². The molecule has 0 aliphatic carbocycles. The summed E-state index contributed by atoms with van der Waals surface area (Å²) in [4.78, 5) is 21.8. The van der Waals surface area contributed by atoms with Crippen molar-refractivity contribution in [1.82, 2.24) is 9.88 Å². The lowest BCUT2D eigenvalue weighted by Crippen LogP contribution is -2.39. The van der Waals surface area contributed by atoms with Crippen LogP contribution in [0.15, 0.2) is 47.4 Å². The summed E-state index contributed by atoms with van der Waals surface area (Å²) in [5, 5.41) is 0.527. The van der Waals surface area contributed by atoms with Gasteiger partial charge >= 0.3 is 0 Å². The largest absolute Gasteiger partial charge is 0.497 e. The Hall–Kier alpha value is -2.60. The fraction of sp³-hybridized carbons (Fsp3) is 0.417. The molecular formula is C24H28FN3O5S2. The van der Waals surface area contributed by atoms with Crippen LogP contribution in [0.2, 0.25) is 0 Å². The second-order valence-corrected chi connectivity index (χ2v) is 11.3. The topological polar surface area (TPSA) is 89.0 Å². The minimum Gasteiger partial charge on any atom is -0.497 e. The van der Waals surface area contributed by atoms with E-state index in [2.05, 4.69) is 9.88 Å². The molecule has 0 N–H and O–H groups in total. The monoisotopic (exact) mass is 521 g/mol. The Kier molecular flexibility index (Phi) is 8.32. The number of thiazole rings is 1. The molecule has 35 heavy (non-hydrogen) atoms. The third-order valence-electron chi connectivity index (χ3n) is 5.83. The number of carbonyl (C=O) groups excluding carboxylic acids is 1. The molecular weight excluding hydrogens is 493 g/mol. The van der Waals surface area contributed by atoms with Gasteiger partial charge in [0.05, 0.1) is 41.2 Å². The van der Waals surface area contributed by atoms with Crippen LogP contribution in [0.3, 0.4) is 0 Å². The minimum absolute atomic E-state index is 0.00218. The lowest BCUT2D eigenvalue weighted by molar-refractivity contribution is -0.118. The zero-order chi connectivity index (χ0) is 24.8. The van der Waals surface area contributed by atoms with Gasteiger partial charge in [0.2, 0.25) is 5.91 Å². The van der Waals surface area contributed by atoms with E-state index >= 15 is 0 Å². The van der Waals surface area contributed by atoms with Gasteiger partial charge in [-0.15, -0.1) is 0 Å². The number of amides is 1. The molecule has 3 aromatic rings. The van der Waals surface area contributed by atoms with Crippen molar-refractivity contribution < 1.29 is 27.1 Å². The fourth-order valence-electron chi connectivity index (χ4n) is 3.86. The number of halogens is 1. The number of hydrogen-bond donors (Lipinski definition) is 0. The number of carbonyl (C=O) groups is 1. The summed E-state index contributed by atoms with van der Waals surface area (Å²) >= 11 is 1.38. The highest BCUT2D eigenvalue weighted by molar-refractivity contribution is 7.91. The molecule has 1 saturated heterocycles. The Morgan fingerprint density at radius 1 is 1.20 bits per heavy atom. The van der Waals surface area contributed by atoms with Crippen molar-refractivity contribution in [2.45, 2.75) is 17.7 Å². The SMILES string of the molecule is COc1ccc2sc(N(CCCN3CCOCC3)C(=O)CCS(=O)(=O)c3ccc(F)cc3)nc2c1. The van der Waals surface area contributed by atoms with Gasteiger partial charge in [0.1, 0.15) is 11.6 Å². The van der Waals surface area contributed by atoms with Gasteiger partial charge in [-0.1, -0.05) is 11.3 Å². The summed E-state index contributed by atoms with van der Waals surface area (Å²) in [6, 6.07) is 10.2. The molecule has 1 aliphatic heterocycles. The van der Waals surface area contributed by atoms with Crippen LogP contribution < -0.4 is 9.64 Å². The van der Waals surface area contributed by atoms with Gasteiger partial charge in [-0.25, -0.2) is 17.8 Å². The predicted molar refractivity (Wildman–Crippen MR) is 133 cm³/mol. The average molecular weight is 522 g/mol. The van der Waals surface area contributed by atoms with E-state index in [9.17, 15) is 17.6 Å². The summed E-state index contributed by atoms with van der Waals surface area (Å²) in [6.07, 6.45) is 0.520. The van der Waals surface area contributed by atoms with Crippen LogP contribution in [-0.2, 0) is 19.4 Å². The van der Waals surface area contributed by atoms with E-state index in [-0.39, 0.29) is 23.0 Å². The first kappa shape index (κ1) is 25.5. The first-order chi connectivity index (χ1) is 16.9. The Bertz CT molecular complexity index is 1260. The number of anilines is 1. The average Bonchev–Trinajstić information content (AvgIpc) is 3.29. The number of nitrogens with zero attached hydrogens (tertiary/aromatic N) is 3. The van der Waals surface area contributed by atoms with Gasteiger partial charge in [0, 0.05) is 38.7 Å². The van der Waals surface area contributed by atoms with Crippen LogP contribution in [0.1, 0.15) is 12.8 Å². The second-order valence-electron chi connectivity index (χ2n) is 8.21. The lowest BCUT2D eigenvalue weighted by atomic mass is 10.3. The molecule has 4 rings (SSSR count). The molecule has 11 heteroatoms. The highest BCUT2D eigenvalue weighted by Gasteiger charge is 2.24. The third kappa shape index (κ3) is 6.54. The van der Waals surface area contributed by atoms with Gasteiger partial charge in [-0.2, -0.15) is 0 Å². The number of fused-ring (bicyclic) bond motifs is 1. The van der Waals surface area contributed by atoms with Crippen LogP contribution in [0.25, 0.3) is 10.2 Å². The molecule has 1 fully saturated rings. The molecule has 0 spiro atoms. The van der Waals surface area contributed by atoms with E-state index in [0.29, 0.717) is 36.2 Å². The molecule has 0 unspecified atom stereocenters. The Morgan fingerprint density at radius 3 is 2.66 bits per heavy atom. The molecule has 2 heterocycles. The standard InChI is InChI=1S/C24H28FN3O5S2/c1-32-19-5-8-22-21(17-19)26-24(34-22)28(11-2-10-27-12-14-33-15-13-27)23(29)9-16-35(30,31)20-6-3-18(25)4-7-20/h3-8,17H,2,9-16H2,1H3. The molecule has 188 valence electrons. The van der Waals surface area contributed by atoms with Crippen molar-refractivity contribution in [2.24, 2.45) is 0 Å². The summed E-state index contributed by atoms with van der Waals surface area (Å²) in [6.45, 7) is 4.33. The molecule has 2 aromatic carbocycles. The van der Waals surface area contributed by atoms with E-state index in [4.69, 9.17) is 9.47 Å². The minimum atomic E-state index is -3.73. The molecule has 0 radical (unpaired) electrons. The van der Waals surface area contributed by atoms with Crippen molar-refractivity contribution in [3.8, 4) is 5.75 Å². The summed E-state index contributed by atoms with van der Waals surface area (Å²) < 4.78 is 50.2. The highest BCUT2D eigenvalue weighted by atomic mass is 32.2. The lowest BCUT2D eigenvalue weighted by Gasteiger charge is -2.27. The number of benzene rings is 2. The van der Waals surface area contributed by atoms with Crippen LogP contribution in [0.5, 0.6) is 5.75 Å². The first-order valence-corrected chi connectivity index (χ1v) is 13.9. The number of morpholine rings is 1. The highest BCUT2D eigenvalue weighted by Crippen LogP contribution is 2.32. The summed E-state index contributed by atoms with van der Waals surface area (Å²) in [5.41, 5.74) is 0.717. The van der Waals surface area contributed by atoms with Crippen molar-refractivity contribution >= 4 is 42.4 Å². The molecule has 0 atom stereocenters. The quantitative estimate of drug-likeness (QED) is 0.378. The first-order valence-electron chi connectivity index (χ1n) is 11.4. The molecule has 1 amide bonds. The molecule has 0 saturated carbocycles. The maximum atomic E-state index is 13.3. The van der Waals surface area contributed by atoms with Crippen LogP contribution >= 0.6 is 11.3 Å². The number of aromatic nitrogens is 1. The zero-order valence-electron chi connectivity index (χ0n) is 19.5. The number of sulfone groups is 1. The Labute approximate surface area is 208 Å². The van der Waals surface area contributed by atoms with Crippen LogP contribution in [0.4, 0.5) is 9.52 Å². The number of methoxy groups -OCH3 is 1. The van der Waals surface area contributed by atoms with Gasteiger partial charge in [-0.05, 0) is 42.8 Å². The summed E-state index contributed by atoms with van der Waals surface area (Å²) in [7, 11) is -2.15. The number of rotatable bonds is 10. The maximum Gasteiger partial charge on any atom is 0.229 e. The van der Waals surface area contributed by atoms with E-state index in [0.717, 1.165) is 42.9 Å². The smallest absolute Gasteiger partial charge is 0.229 e. The molecule has 1 aromatic heterocycles. The van der Waals surface area contributed by atoms with Gasteiger partial charge in [0.15, 0.2) is 15.0 Å². The van der Waals surface area contributed by atoms with E-state index in [1.807, 2.05) is 18.2 Å². The van der Waals surface area contributed by atoms with Crippen LogP contribution in [0, 0.1) is 5.82 Å². The third-order valence-corrected chi connectivity index (χ3v) is 8.62. The van der Waals surface area contributed by atoms with Gasteiger partial charge in [0.25, 0.3) is 0 Å². The zero-order valence-corrected chi connectivity index (χ0v) is 21.1. The maximum absolute atomic E-state index is 13.3. The summed E-state index contributed by atoms with van der Waals surface area (Å²) in [5.74, 6) is -0.525. The molecule has 8 nitrogen and oxygen atoms in total. The fourth-order valence-corrected chi connectivity index (χ4v) is 6.08. The normalized spacial score (nSPS) is 14.8. The van der Waals surface area contributed by atoms with Crippen molar-refractivity contribution in [3.05, 3.63) is 48.3 Å². The van der Waals surface area contributed by atoms with E-state index < -0.39 is 15.7 Å². The van der Waals surface area contributed by atoms with E-state index in [1.165, 1.54) is 23.5 Å².